The minimum Gasteiger partial charge on any atom is -0.284 e. The van der Waals surface area contributed by atoms with Gasteiger partial charge in [0.25, 0.3) is 0 Å². The van der Waals surface area contributed by atoms with Crippen LogP contribution in [-0.4, -0.2) is 17.3 Å². The zero-order chi connectivity index (χ0) is 11.1. The number of nitrogens with zero attached hydrogens (tertiary/aromatic N) is 1. The van der Waals surface area contributed by atoms with Gasteiger partial charge in [0.1, 0.15) is 0 Å². The Hall–Kier alpha value is 0.390. The minimum atomic E-state index is 0.385. The molecule has 1 aliphatic heterocycles. The molecule has 2 heteroatoms. The minimum absolute atomic E-state index is 0.385. The van der Waals surface area contributed by atoms with Crippen molar-refractivity contribution in [2.24, 2.45) is 16.7 Å². The second-order valence-corrected chi connectivity index (χ2v) is 7.47. The van der Waals surface area contributed by atoms with Gasteiger partial charge in [0.2, 0.25) is 0 Å². The van der Waals surface area contributed by atoms with Crippen LogP contribution in [0, 0.1) is 16.7 Å². The summed E-state index contributed by atoms with van der Waals surface area (Å²) in [6.45, 7) is 15.4. The largest absolute Gasteiger partial charge is 0.284 e. The van der Waals surface area contributed by atoms with Gasteiger partial charge in [-0.3, -0.25) is 4.67 Å². The van der Waals surface area contributed by atoms with E-state index in [1.165, 1.54) is 13.0 Å². The zero-order valence-corrected chi connectivity index (χ0v) is 11.7. The summed E-state index contributed by atoms with van der Waals surface area (Å²) in [6.07, 6.45) is 1.34. The Labute approximate surface area is 91.9 Å². The van der Waals surface area contributed by atoms with Crippen LogP contribution in [0.4, 0.5) is 0 Å². The molecule has 0 bridgehead atoms. The van der Waals surface area contributed by atoms with E-state index in [2.05, 4.69) is 55.6 Å². The Morgan fingerprint density at radius 2 is 1.50 bits per heavy atom. The second-order valence-electron chi connectivity index (χ2n) is 6.81. The summed E-state index contributed by atoms with van der Waals surface area (Å²) in [5.74, 6) is 0.819. The predicted octanol–water partition coefficient (Wildman–Crippen LogP) is 3.56. The molecule has 1 fully saturated rings. The maximum atomic E-state index is 2.91. The molecule has 1 nitrogen and oxygen atoms in total. The van der Waals surface area contributed by atoms with Crippen LogP contribution in [0.5, 0.6) is 0 Å². The van der Waals surface area contributed by atoms with Crippen molar-refractivity contribution in [3.05, 3.63) is 0 Å². The average molecular weight is 215 g/mol. The van der Waals surface area contributed by atoms with Gasteiger partial charge in [0, 0.05) is 12.6 Å². The Bertz CT molecular complexity index is 199. The molecule has 0 spiro atoms. The third-order valence-corrected chi connectivity index (χ3v) is 4.02. The first-order valence-corrected chi connectivity index (χ1v) is 6.17. The molecular formula is C12H26NP. The van der Waals surface area contributed by atoms with Crippen molar-refractivity contribution in [2.45, 2.75) is 54.0 Å². The van der Waals surface area contributed by atoms with Crippen LogP contribution in [0.2, 0.25) is 0 Å². The predicted molar refractivity (Wildman–Crippen MR) is 67.2 cm³/mol. The summed E-state index contributed by atoms with van der Waals surface area (Å²) in [4.78, 5) is 0. The van der Waals surface area contributed by atoms with Crippen LogP contribution in [0.3, 0.4) is 0 Å². The molecule has 1 saturated heterocycles. The average Bonchev–Trinajstić information content (AvgIpc) is 2.27. The van der Waals surface area contributed by atoms with E-state index in [4.69, 9.17) is 0 Å². The number of hydrogen-bond donors (Lipinski definition) is 0. The van der Waals surface area contributed by atoms with E-state index in [0.717, 1.165) is 5.92 Å². The van der Waals surface area contributed by atoms with Crippen molar-refractivity contribution in [3.63, 3.8) is 0 Å². The van der Waals surface area contributed by atoms with Gasteiger partial charge in [-0.05, 0) is 23.2 Å². The Morgan fingerprint density at radius 1 is 1.00 bits per heavy atom. The molecule has 84 valence electrons. The van der Waals surface area contributed by atoms with Gasteiger partial charge >= 0.3 is 0 Å². The van der Waals surface area contributed by atoms with Crippen molar-refractivity contribution in [1.82, 2.24) is 4.67 Å². The van der Waals surface area contributed by atoms with Gasteiger partial charge in [-0.1, -0.05) is 50.9 Å². The third kappa shape index (κ3) is 2.49. The highest BCUT2D eigenvalue weighted by Crippen LogP contribution is 2.46. The molecule has 0 aromatic carbocycles. The normalized spacial score (nSPS) is 31.1. The van der Waals surface area contributed by atoms with Gasteiger partial charge in [0.05, 0.1) is 0 Å². The lowest BCUT2D eigenvalue weighted by Gasteiger charge is -2.41. The first-order chi connectivity index (χ1) is 6.14. The van der Waals surface area contributed by atoms with Crippen molar-refractivity contribution >= 4 is 9.39 Å². The fraction of sp³-hybridized carbons (Fsp3) is 1.00. The highest BCUT2D eigenvalue weighted by Gasteiger charge is 2.44. The molecule has 0 amide bonds. The molecule has 0 aliphatic carbocycles. The highest BCUT2D eigenvalue weighted by molar-refractivity contribution is 7.13. The molecular weight excluding hydrogens is 189 g/mol. The van der Waals surface area contributed by atoms with Gasteiger partial charge in [0.15, 0.2) is 0 Å². The fourth-order valence-corrected chi connectivity index (χ4v) is 3.63. The van der Waals surface area contributed by atoms with Crippen LogP contribution in [-0.2, 0) is 0 Å². The van der Waals surface area contributed by atoms with Crippen LogP contribution in [0.25, 0.3) is 0 Å². The summed E-state index contributed by atoms with van der Waals surface area (Å²) < 4.78 is 2.47. The smallest absolute Gasteiger partial charge is 0.0211 e. The maximum Gasteiger partial charge on any atom is 0.0211 e. The summed E-state index contributed by atoms with van der Waals surface area (Å²) in [5, 5.41) is 0. The molecule has 0 saturated carbocycles. The van der Waals surface area contributed by atoms with Crippen LogP contribution in [0.1, 0.15) is 48.0 Å². The molecule has 3 unspecified atom stereocenters. The Kier molecular flexibility index (Phi) is 3.34. The molecule has 0 radical (unpaired) electrons. The monoisotopic (exact) mass is 215 g/mol. The topological polar surface area (TPSA) is 3.24 Å². The molecule has 1 rings (SSSR count). The third-order valence-electron chi connectivity index (χ3n) is 3.44. The lowest BCUT2D eigenvalue weighted by molar-refractivity contribution is 0.110. The molecule has 0 aromatic heterocycles. The summed E-state index contributed by atoms with van der Waals surface area (Å²) >= 11 is 0. The Morgan fingerprint density at radius 3 is 1.79 bits per heavy atom. The lowest BCUT2D eigenvalue weighted by atomic mass is 9.69. The summed E-state index contributed by atoms with van der Waals surface area (Å²) in [6, 6.07) is 0.701. The van der Waals surface area contributed by atoms with E-state index < -0.39 is 0 Å². The Balaban J connectivity index is 2.88. The summed E-state index contributed by atoms with van der Waals surface area (Å²) in [5.41, 5.74) is 0.819. The SMILES string of the molecule is CC(C)(C)C1CCN(P)C1C(C)(C)C. The van der Waals surface area contributed by atoms with Gasteiger partial charge in [-0.2, -0.15) is 0 Å². The molecule has 3 atom stereocenters. The van der Waals surface area contributed by atoms with Crippen molar-refractivity contribution in [2.75, 3.05) is 6.54 Å². The van der Waals surface area contributed by atoms with E-state index in [1.807, 2.05) is 0 Å². The van der Waals surface area contributed by atoms with Gasteiger partial charge in [-0.15, -0.1) is 0 Å². The van der Waals surface area contributed by atoms with Crippen LogP contribution in [0.15, 0.2) is 0 Å². The van der Waals surface area contributed by atoms with Gasteiger partial charge in [-0.25, -0.2) is 0 Å². The van der Waals surface area contributed by atoms with Crippen LogP contribution < -0.4 is 0 Å². The molecule has 0 aromatic rings. The van der Waals surface area contributed by atoms with E-state index in [9.17, 15) is 0 Å². The van der Waals surface area contributed by atoms with E-state index in [-0.39, 0.29) is 0 Å². The number of hydrogen-bond acceptors (Lipinski definition) is 1. The fourth-order valence-electron chi connectivity index (χ4n) is 2.82. The molecule has 0 N–H and O–H groups in total. The van der Waals surface area contributed by atoms with Crippen molar-refractivity contribution in [3.8, 4) is 0 Å². The first-order valence-electron chi connectivity index (χ1n) is 5.65. The van der Waals surface area contributed by atoms with E-state index >= 15 is 0 Å². The van der Waals surface area contributed by atoms with Crippen LogP contribution >= 0.6 is 9.39 Å². The molecule has 1 aliphatic rings. The van der Waals surface area contributed by atoms with Gasteiger partial charge < -0.3 is 0 Å². The molecule has 14 heavy (non-hydrogen) atoms. The summed E-state index contributed by atoms with van der Waals surface area (Å²) in [7, 11) is 2.91. The quantitative estimate of drug-likeness (QED) is 0.558. The van der Waals surface area contributed by atoms with E-state index in [0.29, 0.717) is 16.9 Å². The second kappa shape index (κ2) is 3.76. The highest BCUT2D eigenvalue weighted by atomic mass is 31.0. The standard InChI is InChI=1S/C12H26NP/c1-11(2,3)9-7-8-13(14)10(9)12(4,5)6/h9-10H,7-8,14H2,1-6H3. The van der Waals surface area contributed by atoms with Crippen molar-refractivity contribution in [1.29, 1.82) is 0 Å². The van der Waals surface area contributed by atoms with Crippen molar-refractivity contribution < 1.29 is 0 Å². The lowest BCUT2D eigenvalue weighted by Crippen LogP contribution is -2.42. The number of rotatable bonds is 0. The zero-order valence-electron chi connectivity index (χ0n) is 10.6. The maximum absolute atomic E-state index is 2.91. The van der Waals surface area contributed by atoms with E-state index in [1.54, 1.807) is 0 Å². The molecule has 1 heterocycles. The first kappa shape index (κ1) is 12.5.